The maximum atomic E-state index is 9.66. The summed E-state index contributed by atoms with van der Waals surface area (Å²) >= 11 is 0. The molecule has 1 aliphatic rings. The lowest BCUT2D eigenvalue weighted by Gasteiger charge is -2.27. The molecule has 84 valence electrons. The van der Waals surface area contributed by atoms with Crippen LogP contribution in [0.3, 0.4) is 0 Å². The number of nitrogens with one attached hydrogen (secondary N) is 1. The van der Waals surface area contributed by atoms with Crippen molar-refractivity contribution in [2.45, 2.75) is 57.7 Å². The van der Waals surface area contributed by atoms with Crippen molar-refractivity contribution in [3.63, 3.8) is 0 Å². The summed E-state index contributed by atoms with van der Waals surface area (Å²) < 4.78 is 0. The number of rotatable bonds is 5. The molecule has 1 rings (SSSR count). The summed E-state index contributed by atoms with van der Waals surface area (Å²) in [6, 6.07) is 0.576. The topological polar surface area (TPSA) is 52.5 Å². The summed E-state index contributed by atoms with van der Waals surface area (Å²) in [5.74, 6) is 0.509. The van der Waals surface area contributed by atoms with Gasteiger partial charge in [-0.15, -0.1) is 0 Å². The molecule has 3 heteroatoms. The van der Waals surface area contributed by atoms with Crippen molar-refractivity contribution in [3.05, 3.63) is 0 Å². The molecule has 1 saturated carbocycles. The second kappa shape index (κ2) is 5.69. The Bertz CT molecular complexity index is 161. The summed E-state index contributed by atoms with van der Waals surface area (Å²) in [6.45, 7) is 4.52. The van der Waals surface area contributed by atoms with E-state index in [0.717, 1.165) is 25.7 Å². The predicted octanol–water partition coefficient (Wildman–Crippen LogP) is 0.896. The zero-order valence-electron chi connectivity index (χ0n) is 9.24. The van der Waals surface area contributed by atoms with Crippen LogP contribution in [0.1, 0.15) is 39.5 Å². The summed E-state index contributed by atoms with van der Waals surface area (Å²) in [5.41, 5.74) is 0. The van der Waals surface area contributed by atoms with Crippen molar-refractivity contribution >= 4 is 0 Å². The summed E-state index contributed by atoms with van der Waals surface area (Å²) in [4.78, 5) is 0. The molecule has 0 aromatic heterocycles. The third-order valence-corrected chi connectivity index (χ3v) is 3.15. The van der Waals surface area contributed by atoms with Gasteiger partial charge in [0.05, 0.1) is 6.10 Å². The van der Waals surface area contributed by atoms with E-state index < -0.39 is 0 Å². The van der Waals surface area contributed by atoms with Gasteiger partial charge in [-0.3, -0.25) is 0 Å². The third-order valence-electron chi connectivity index (χ3n) is 3.15. The Labute approximate surface area is 86.5 Å². The molecule has 0 radical (unpaired) electrons. The van der Waals surface area contributed by atoms with Crippen molar-refractivity contribution in [2.75, 3.05) is 6.61 Å². The Hall–Kier alpha value is -0.120. The van der Waals surface area contributed by atoms with E-state index in [1.165, 1.54) is 0 Å². The van der Waals surface area contributed by atoms with E-state index in [9.17, 15) is 5.11 Å². The monoisotopic (exact) mass is 201 g/mol. The lowest BCUT2D eigenvalue weighted by molar-refractivity contribution is 0.132. The van der Waals surface area contributed by atoms with Crippen LogP contribution in [-0.2, 0) is 0 Å². The molecule has 0 spiro atoms. The SMILES string of the molecule is CC(C)C(CCO)NC1CCCC1O. The molecule has 3 nitrogen and oxygen atoms in total. The van der Waals surface area contributed by atoms with E-state index in [-0.39, 0.29) is 18.8 Å². The van der Waals surface area contributed by atoms with Crippen molar-refractivity contribution in [3.8, 4) is 0 Å². The van der Waals surface area contributed by atoms with Crippen LogP contribution in [0.5, 0.6) is 0 Å². The van der Waals surface area contributed by atoms with E-state index in [1.54, 1.807) is 0 Å². The second-order valence-electron chi connectivity index (χ2n) is 4.63. The first-order valence-electron chi connectivity index (χ1n) is 5.70. The molecule has 0 saturated heterocycles. The maximum Gasteiger partial charge on any atom is 0.0693 e. The van der Waals surface area contributed by atoms with Crippen molar-refractivity contribution < 1.29 is 10.2 Å². The molecule has 3 unspecified atom stereocenters. The van der Waals surface area contributed by atoms with Crippen molar-refractivity contribution in [1.29, 1.82) is 0 Å². The minimum Gasteiger partial charge on any atom is -0.396 e. The Morgan fingerprint density at radius 1 is 1.36 bits per heavy atom. The molecule has 3 atom stereocenters. The highest BCUT2D eigenvalue weighted by Crippen LogP contribution is 2.20. The van der Waals surface area contributed by atoms with Gasteiger partial charge in [0.1, 0.15) is 0 Å². The lowest BCUT2D eigenvalue weighted by Crippen LogP contribution is -2.45. The molecular weight excluding hydrogens is 178 g/mol. The Balaban J connectivity index is 2.37. The highest BCUT2D eigenvalue weighted by molar-refractivity contribution is 4.86. The number of hydrogen-bond acceptors (Lipinski definition) is 3. The van der Waals surface area contributed by atoms with Crippen LogP contribution in [0.4, 0.5) is 0 Å². The zero-order valence-corrected chi connectivity index (χ0v) is 9.24. The second-order valence-corrected chi connectivity index (χ2v) is 4.63. The molecule has 0 aromatic carbocycles. The molecular formula is C11H23NO2. The zero-order chi connectivity index (χ0) is 10.6. The van der Waals surface area contributed by atoms with Crippen LogP contribution in [-0.4, -0.2) is 35.0 Å². The van der Waals surface area contributed by atoms with E-state index in [4.69, 9.17) is 5.11 Å². The lowest BCUT2D eigenvalue weighted by atomic mass is 9.99. The fourth-order valence-electron chi connectivity index (χ4n) is 2.16. The largest absolute Gasteiger partial charge is 0.396 e. The molecule has 0 bridgehead atoms. The molecule has 0 heterocycles. The number of aliphatic hydroxyl groups excluding tert-OH is 2. The van der Waals surface area contributed by atoms with Gasteiger partial charge < -0.3 is 15.5 Å². The van der Waals surface area contributed by atoms with Crippen LogP contribution >= 0.6 is 0 Å². The molecule has 0 aliphatic heterocycles. The molecule has 1 fully saturated rings. The quantitative estimate of drug-likeness (QED) is 0.619. The summed E-state index contributed by atoms with van der Waals surface area (Å²) in [5, 5.41) is 22.0. The van der Waals surface area contributed by atoms with Gasteiger partial charge in [-0.1, -0.05) is 13.8 Å². The fraction of sp³-hybridized carbons (Fsp3) is 1.00. The van der Waals surface area contributed by atoms with E-state index >= 15 is 0 Å². The minimum absolute atomic E-state index is 0.185. The first-order valence-corrected chi connectivity index (χ1v) is 5.70. The van der Waals surface area contributed by atoms with Crippen LogP contribution in [0.15, 0.2) is 0 Å². The fourth-order valence-corrected chi connectivity index (χ4v) is 2.16. The normalized spacial score (nSPS) is 29.8. The third kappa shape index (κ3) is 3.23. The van der Waals surface area contributed by atoms with Gasteiger partial charge in [0.2, 0.25) is 0 Å². The Morgan fingerprint density at radius 3 is 2.50 bits per heavy atom. The van der Waals surface area contributed by atoms with E-state index in [0.29, 0.717) is 12.0 Å². The standard InChI is InChI=1S/C11H23NO2/c1-8(2)9(6-7-13)12-10-4-3-5-11(10)14/h8-14H,3-7H2,1-2H3. The smallest absolute Gasteiger partial charge is 0.0693 e. The van der Waals surface area contributed by atoms with Gasteiger partial charge >= 0.3 is 0 Å². The van der Waals surface area contributed by atoms with Gasteiger partial charge in [0.25, 0.3) is 0 Å². The van der Waals surface area contributed by atoms with Crippen molar-refractivity contribution in [1.82, 2.24) is 5.32 Å². The first kappa shape index (κ1) is 12.0. The van der Waals surface area contributed by atoms with Crippen LogP contribution in [0.25, 0.3) is 0 Å². The molecule has 0 aromatic rings. The Morgan fingerprint density at radius 2 is 2.07 bits per heavy atom. The molecule has 3 N–H and O–H groups in total. The van der Waals surface area contributed by atoms with Crippen LogP contribution < -0.4 is 5.32 Å². The number of hydrogen-bond donors (Lipinski definition) is 3. The van der Waals surface area contributed by atoms with Gasteiger partial charge in [-0.25, -0.2) is 0 Å². The van der Waals surface area contributed by atoms with Gasteiger partial charge in [0, 0.05) is 18.7 Å². The molecule has 1 aliphatic carbocycles. The average Bonchev–Trinajstić information content (AvgIpc) is 2.51. The first-order chi connectivity index (χ1) is 6.65. The summed E-state index contributed by atoms with van der Waals surface area (Å²) in [7, 11) is 0. The molecule has 0 amide bonds. The van der Waals surface area contributed by atoms with E-state index in [1.807, 2.05) is 0 Å². The maximum absolute atomic E-state index is 9.66. The highest BCUT2D eigenvalue weighted by Gasteiger charge is 2.27. The number of aliphatic hydroxyl groups is 2. The average molecular weight is 201 g/mol. The van der Waals surface area contributed by atoms with Gasteiger partial charge in [0.15, 0.2) is 0 Å². The van der Waals surface area contributed by atoms with E-state index in [2.05, 4.69) is 19.2 Å². The Kier molecular flexibility index (Phi) is 4.85. The molecule has 14 heavy (non-hydrogen) atoms. The van der Waals surface area contributed by atoms with Crippen LogP contribution in [0.2, 0.25) is 0 Å². The van der Waals surface area contributed by atoms with Gasteiger partial charge in [-0.05, 0) is 31.6 Å². The van der Waals surface area contributed by atoms with Gasteiger partial charge in [-0.2, -0.15) is 0 Å². The predicted molar refractivity (Wildman–Crippen MR) is 57.1 cm³/mol. The van der Waals surface area contributed by atoms with Crippen molar-refractivity contribution in [2.24, 2.45) is 5.92 Å². The van der Waals surface area contributed by atoms with Crippen LogP contribution in [0, 0.1) is 5.92 Å². The highest BCUT2D eigenvalue weighted by atomic mass is 16.3. The summed E-state index contributed by atoms with van der Waals surface area (Å²) in [6.07, 6.45) is 3.69. The minimum atomic E-state index is -0.185.